The number of rotatable bonds is 6. The SMILES string of the molecule is CCOC(=O)N1C=C(c2cccc(C(C)Nc3cc(-c4ccc5ncsc5c4)nc(C)n3)c2)C=NC1. The van der Waals surface area contributed by atoms with Crippen LogP contribution in [-0.2, 0) is 4.74 Å². The third-order valence-electron chi connectivity index (χ3n) is 5.81. The fraction of sp³-hybridized carbons (Fsp3) is 0.222. The van der Waals surface area contributed by atoms with Crippen molar-refractivity contribution in [3.63, 3.8) is 0 Å². The first kappa shape index (κ1) is 23.6. The third kappa shape index (κ3) is 5.11. The molecule has 0 aliphatic carbocycles. The lowest BCUT2D eigenvalue weighted by molar-refractivity contribution is 0.123. The molecule has 1 atom stereocenters. The summed E-state index contributed by atoms with van der Waals surface area (Å²) < 4.78 is 6.24. The first-order valence-electron chi connectivity index (χ1n) is 11.7. The van der Waals surface area contributed by atoms with Gasteiger partial charge < -0.3 is 10.1 Å². The van der Waals surface area contributed by atoms with Crippen molar-refractivity contribution in [3.05, 3.63) is 77.2 Å². The van der Waals surface area contributed by atoms with Crippen LogP contribution < -0.4 is 5.32 Å². The molecule has 0 saturated heterocycles. The molecular formula is C27H26N6O2S. The van der Waals surface area contributed by atoms with Crippen molar-refractivity contribution in [1.82, 2.24) is 19.9 Å². The summed E-state index contributed by atoms with van der Waals surface area (Å²) in [4.78, 5) is 31.5. The Morgan fingerprint density at radius 2 is 2.06 bits per heavy atom. The molecule has 0 bridgehead atoms. The van der Waals surface area contributed by atoms with Crippen LogP contribution in [0.4, 0.5) is 10.6 Å². The quantitative estimate of drug-likeness (QED) is 0.347. The number of fused-ring (bicyclic) bond motifs is 1. The number of allylic oxidation sites excluding steroid dienone is 1. The Morgan fingerprint density at radius 3 is 2.92 bits per heavy atom. The summed E-state index contributed by atoms with van der Waals surface area (Å²) in [6, 6.07) is 16.3. The highest BCUT2D eigenvalue weighted by Gasteiger charge is 2.17. The second kappa shape index (κ2) is 10.2. The van der Waals surface area contributed by atoms with E-state index in [4.69, 9.17) is 4.74 Å². The number of amides is 1. The maximum atomic E-state index is 12.1. The number of hydrogen-bond donors (Lipinski definition) is 1. The summed E-state index contributed by atoms with van der Waals surface area (Å²) in [6.07, 6.45) is 3.16. The number of aliphatic imine (C=N–C) groups is 1. The van der Waals surface area contributed by atoms with Crippen LogP contribution in [0.1, 0.15) is 36.8 Å². The van der Waals surface area contributed by atoms with E-state index in [0.717, 1.165) is 44.0 Å². The first-order valence-corrected chi connectivity index (χ1v) is 12.6. The van der Waals surface area contributed by atoms with Crippen LogP contribution in [0.25, 0.3) is 27.0 Å². The van der Waals surface area contributed by atoms with Gasteiger partial charge in [-0.3, -0.25) is 9.89 Å². The minimum Gasteiger partial charge on any atom is -0.449 e. The molecule has 1 aliphatic rings. The maximum Gasteiger partial charge on any atom is 0.415 e. The van der Waals surface area contributed by atoms with Crippen molar-refractivity contribution in [2.75, 3.05) is 18.6 Å². The molecule has 0 fully saturated rings. The number of aromatic nitrogens is 3. The molecule has 182 valence electrons. The van der Waals surface area contributed by atoms with Gasteiger partial charge in [0.05, 0.1) is 28.0 Å². The number of aryl methyl sites for hydroxylation is 1. The second-order valence-corrected chi connectivity index (χ2v) is 9.30. The average molecular weight is 499 g/mol. The molecule has 1 N–H and O–H groups in total. The molecule has 1 aliphatic heterocycles. The Hall–Kier alpha value is -4.11. The van der Waals surface area contributed by atoms with Gasteiger partial charge in [-0.2, -0.15) is 0 Å². The fourth-order valence-corrected chi connectivity index (χ4v) is 4.75. The standard InChI is InChI=1S/C27H26N6O2S/c1-4-35-27(34)33-14-22(13-28-15-33)20-7-5-6-19(10-20)17(2)30-26-12-24(31-18(3)32-26)21-8-9-23-25(11-21)36-16-29-23/h5-14,16-17H,4,15H2,1-3H3,(H,30,31,32). The largest absolute Gasteiger partial charge is 0.449 e. The normalized spacial score (nSPS) is 14.0. The average Bonchev–Trinajstić information content (AvgIpc) is 3.37. The lowest BCUT2D eigenvalue weighted by Gasteiger charge is -2.21. The van der Waals surface area contributed by atoms with Crippen molar-refractivity contribution in [3.8, 4) is 11.3 Å². The van der Waals surface area contributed by atoms with Crippen LogP contribution in [0.5, 0.6) is 0 Å². The summed E-state index contributed by atoms with van der Waals surface area (Å²) in [7, 11) is 0. The predicted octanol–water partition coefficient (Wildman–Crippen LogP) is 6.08. The van der Waals surface area contributed by atoms with Gasteiger partial charge in [-0.25, -0.2) is 19.7 Å². The first-order chi connectivity index (χ1) is 17.5. The molecule has 9 heteroatoms. The molecule has 8 nitrogen and oxygen atoms in total. The van der Waals surface area contributed by atoms with Crippen LogP contribution in [0, 0.1) is 6.92 Å². The summed E-state index contributed by atoms with van der Waals surface area (Å²) in [5.74, 6) is 1.45. The topological polar surface area (TPSA) is 92.6 Å². The van der Waals surface area contributed by atoms with Gasteiger partial charge in [0, 0.05) is 35.7 Å². The third-order valence-corrected chi connectivity index (χ3v) is 6.60. The van der Waals surface area contributed by atoms with Crippen molar-refractivity contribution < 1.29 is 9.53 Å². The maximum absolute atomic E-state index is 12.1. The Kier molecular flexibility index (Phi) is 6.73. The number of anilines is 1. The Labute approximate surface area is 213 Å². The Balaban J connectivity index is 1.37. The minimum atomic E-state index is -0.400. The number of hydrogen-bond acceptors (Lipinski definition) is 8. The van der Waals surface area contributed by atoms with Crippen molar-refractivity contribution >= 4 is 45.3 Å². The molecule has 36 heavy (non-hydrogen) atoms. The summed E-state index contributed by atoms with van der Waals surface area (Å²) in [5, 5.41) is 3.52. The molecule has 2 aromatic carbocycles. The molecule has 0 radical (unpaired) electrons. The van der Waals surface area contributed by atoms with Crippen molar-refractivity contribution in [1.29, 1.82) is 0 Å². The predicted molar refractivity (Wildman–Crippen MR) is 144 cm³/mol. The number of ether oxygens (including phenoxy) is 1. The molecule has 0 saturated carbocycles. The van der Waals surface area contributed by atoms with Crippen LogP contribution >= 0.6 is 11.3 Å². The van der Waals surface area contributed by atoms with E-state index in [-0.39, 0.29) is 12.7 Å². The van der Waals surface area contributed by atoms with Crippen molar-refractivity contribution in [2.45, 2.75) is 26.8 Å². The van der Waals surface area contributed by atoms with Gasteiger partial charge in [-0.1, -0.05) is 24.3 Å². The number of nitrogens with one attached hydrogen (secondary N) is 1. The molecule has 4 aromatic rings. The van der Waals surface area contributed by atoms with E-state index < -0.39 is 6.09 Å². The van der Waals surface area contributed by atoms with Crippen molar-refractivity contribution in [2.24, 2.45) is 4.99 Å². The van der Waals surface area contributed by atoms with E-state index >= 15 is 0 Å². The number of carbonyl (C=O) groups is 1. The molecule has 5 rings (SSSR count). The molecule has 1 amide bonds. The summed E-state index contributed by atoms with van der Waals surface area (Å²) >= 11 is 1.62. The van der Waals surface area contributed by atoms with E-state index in [1.165, 1.54) is 4.90 Å². The molecule has 1 unspecified atom stereocenters. The molecule has 2 aromatic heterocycles. The molecular weight excluding hydrogens is 472 g/mol. The van der Waals surface area contributed by atoms with Gasteiger partial charge >= 0.3 is 6.09 Å². The Bertz CT molecular complexity index is 1480. The smallest absolute Gasteiger partial charge is 0.415 e. The Morgan fingerprint density at radius 1 is 1.17 bits per heavy atom. The van der Waals surface area contributed by atoms with Crippen LogP contribution in [0.2, 0.25) is 0 Å². The van der Waals surface area contributed by atoms with Gasteiger partial charge in [0.15, 0.2) is 0 Å². The molecule has 3 heterocycles. The summed E-state index contributed by atoms with van der Waals surface area (Å²) in [5.41, 5.74) is 7.64. The van der Waals surface area contributed by atoms with E-state index in [1.807, 2.05) is 42.8 Å². The zero-order chi connectivity index (χ0) is 25.1. The fourth-order valence-electron chi connectivity index (χ4n) is 4.03. The van der Waals surface area contributed by atoms with Gasteiger partial charge in [-0.15, -0.1) is 11.3 Å². The number of nitrogens with zero attached hydrogens (tertiary/aromatic N) is 5. The second-order valence-electron chi connectivity index (χ2n) is 8.42. The van der Waals surface area contributed by atoms with Gasteiger partial charge in [0.1, 0.15) is 18.3 Å². The van der Waals surface area contributed by atoms with Crippen LogP contribution in [0.15, 0.2) is 65.2 Å². The highest BCUT2D eigenvalue weighted by molar-refractivity contribution is 7.16. The summed E-state index contributed by atoms with van der Waals surface area (Å²) in [6.45, 7) is 6.36. The van der Waals surface area contributed by atoms with Gasteiger partial charge in [-0.05, 0) is 50.1 Å². The lowest BCUT2D eigenvalue weighted by Crippen LogP contribution is -2.29. The number of benzene rings is 2. The zero-order valence-electron chi connectivity index (χ0n) is 20.3. The highest BCUT2D eigenvalue weighted by atomic mass is 32.1. The van der Waals surface area contributed by atoms with E-state index in [2.05, 4.69) is 50.4 Å². The highest BCUT2D eigenvalue weighted by Crippen LogP contribution is 2.28. The van der Waals surface area contributed by atoms with Crippen LogP contribution in [0.3, 0.4) is 0 Å². The van der Waals surface area contributed by atoms with E-state index in [1.54, 1.807) is 30.7 Å². The van der Waals surface area contributed by atoms with Gasteiger partial charge in [0.2, 0.25) is 0 Å². The van der Waals surface area contributed by atoms with E-state index in [0.29, 0.717) is 12.4 Å². The lowest BCUT2D eigenvalue weighted by atomic mass is 10.0. The number of thiazole rings is 1. The van der Waals surface area contributed by atoms with E-state index in [9.17, 15) is 4.79 Å². The molecule has 0 spiro atoms. The zero-order valence-corrected chi connectivity index (χ0v) is 21.1. The number of carbonyl (C=O) groups excluding carboxylic acids is 1. The van der Waals surface area contributed by atoms with Crippen LogP contribution in [-0.4, -0.2) is 45.4 Å². The monoisotopic (exact) mass is 498 g/mol. The minimum absolute atomic E-state index is 0.0154. The van der Waals surface area contributed by atoms with Gasteiger partial charge in [0.25, 0.3) is 0 Å².